The van der Waals surface area contributed by atoms with Gasteiger partial charge in [0, 0.05) is 19.3 Å². The van der Waals surface area contributed by atoms with E-state index in [9.17, 15) is 121 Å². The van der Waals surface area contributed by atoms with Crippen LogP contribution in [0.1, 0.15) is 185 Å². The predicted octanol–water partition coefficient (Wildman–Crippen LogP) is -8.60. The van der Waals surface area contributed by atoms with Crippen molar-refractivity contribution >= 4 is 130 Å². The van der Waals surface area contributed by atoms with E-state index in [0.717, 1.165) is 6.92 Å². The number of aliphatic carboxylic acids is 2. The summed E-state index contributed by atoms with van der Waals surface area (Å²) in [6.45, 7) is 17.2. The molecular formula is C82H137N23O25. The van der Waals surface area contributed by atoms with Crippen LogP contribution in [0.4, 0.5) is 0 Å². The van der Waals surface area contributed by atoms with Crippen LogP contribution in [-0.2, 0) is 112 Å². The molecule has 0 spiro atoms. The van der Waals surface area contributed by atoms with Crippen molar-refractivity contribution in [2.24, 2.45) is 64.0 Å². The lowest BCUT2D eigenvalue weighted by molar-refractivity contribution is -0.143. The number of carbonyl (C=O) groups is 22. The molecule has 0 aliphatic carbocycles. The maximum absolute atomic E-state index is 14.4. The molecule has 0 saturated carbocycles. The molecule has 0 fully saturated rings. The standard InChI is InChI=1S/C82H137N23O25/c1-14-43(10)66(81(128)97-51(82(129)130)27-29-57(87)108)101-61(112)38-91-77(124)67(46(13)106)105-76(123)55(35-62(113)114)99-73(120)52(32-39(2)3)100-80(127)64(41(6)7)102-69(116)45(12)93-78(125)63(40(4)5)103-72(119)50(25-19-21-31-84)96-79(126)65(42(8)9)104-75(122)54(34-58(88)109)98-68(115)44(11)92-59(110)36-90-71(118)49(24-18-20-30-83)95-74(121)53(33-47-22-16-15-17-23-47)94-60(111)37-89-70(117)48(85)26-28-56(86)107/h15-17,22-23,39-46,48-55,63-67,106H,14,18-21,24-38,83-85H2,1-13H3,(H2,86,107)(H2,87,108)(H2,88,109)(H,89,117)(H,90,118)(H,91,124)(H,92,110)(H,93,125)(H,94,111)(H,95,121)(H,96,126)(H,97,128)(H,98,115)(H,99,120)(H,100,127)(H,101,112)(H,102,116)(H,103,119)(H,104,122)(H,105,123)(H,113,114)(H,129,130)/t43-,44-,45-,46+,48-,49-,50-,51-,52-,53-,54-,55-,63-,64-,65-,66-,67-/m0/s1. The van der Waals surface area contributed by atoms with Crippen molar-refractivity contribution < 1.29 is 121 Å². The highest BCUT2D eigenvalue weighted by molar-refractivity contribution is 6.02. The lowest BCUT2D eigenvalue weighted by atomic mass is 9.97. The molecule has 1 aromatic rings. The van der Waals surface area contributed by atoms with Crippen molar-refractivity contribution in [3.63, 3.8) is 0 Å². The Bertz CT molecular complexity index is 4040. The average molecular weight is 1850 g/mol. The minimum atomic E-state index is -2.01. The van der Waals surface area contributed by atoms with Crippen LogP contribution in [0.2, 0.25) is 0 Å². The van der Waals surface area contributed by atoms with Crippen LogP contribution in [0, 0.1) is 29.6 Å². The van der Waals surface area contributed by atoms with Gasteiger partial charge in [0.2, 0.25) is 118 Å². The number of unbranched alkanes of at least 4 members (excludes halogenated alkanes) is 2. The second-order valence-corrected chi connectivity index (χ2v) is 33.1. The number of benzene rings is 1. The molecule has 130 heavy (non-hydrogen) atoms. The third kappa shape index (κ3) is 44.4. The van der Waals surface area contributed by atoms with Crippen LogP contribution in [0.25, 0.3) is 0 Å². The fraction of sp³-hybridized carbons (Fsp3) is 0.659. The van der Waals surface area contributed by atoms with Crippen molar-refractivity contribution in [2.75, 3.05) is 32.7 Å². The molecule has 730 valence electrons. The molecule has 32 N–H and O–H groups in total. The second kappa shape index (κ2) is 59.5. The summed E-state index contributed by atoms with van der Waals surface area (Å²) in [6.07, 6.45) is -3.56. The number of nitrogens with two attached hydrogens (primary N) is 6. The van der Waals surface area contributed by atoms with Crippen LogP contribution < -0.4 is 125 Å². The van der Waals surface area contributed by atoms with Gasteiger partial charge in [-0.05, 0) is 127 Å². The molecule has 48 heteroatoms. The zero-order valence-corrected chi connectivity index (χ0v) is 75.9. The van der Waals surface area contributed by atoms with E-state index >= 15 is 0 Å². The third-order valence-corrected chi connectivity index (χ3v) is 20.2. The first-order valence-corrected chi connectivity index (χ1v) is 43.0. The monoisotopic (exact) mass is 1840 g/mol. The zero-order valence-electron chi connectivity index (χ0n) is 75.9. The van der Waals surface area contributed by atoms with E-state index in [2.05, 4.69) is 90.4 Å². The molecule has 1 aromatic carbocycles. The molecule has 0 aliphatic rings. The van der Waals surface area contributed by atoms with E-state index in [1.165, 1.54) is 41.5 Å². The largest absolute Gasteiger partial charge is 0.481 e. The van der Waals surface area contributed by atoms with Crippen LogP contribution in [0.15, 0.2) is 30.3 Å². The first-order chi connectivity index (χ1) is 60.8. The Morgan fingerprint density at radius 1 is 0.346 bits per heavy atom. The van der Waals surface area contributed by atoms with Gasteiger partial charge in [0.15, 0.2) is 0 Å². The summed E-state index contributed by atoms with van der Waals surface area (Å²) < 4.78 is 0. The first-order valence-electron chi connectivity index (χ1n) is 43.0. The highest BCUT2D eigenvalue weighted by Gasteiger charge is 2.40. The van der Waals surface area contributed by atoms with E-state index in [0.29, 0.717) is 24.8 Å². The highest BCUT2D eigenvalue weighted by Crippen LogP contribution is 2.16. The van der Waals surface area contributed by atoms with E-state index in [4.69, 9.17) is 34.4 Å². The number of nitrogens with one attached hydrogen (secondary N) is 17. The number of aliphatic hydroxyl groups is 1. The van der Waals surface area contributed by atoms with Crippen molar-refractivity contribution in [1.29, 1.82) is 0 Å². The highest BCUT2D eigenvalue weighted by atomic mass is 16.4. The predicted molar refractivity (Wildman–Crippen MR) is 467 cm³/mol. The van der Waals surface area contributed by atoms with Gasteiger partial charge in [-0.1, -0.05) is 106 Å². The zero-order chi connectivity index (χ0) is 99.1. The Hall–Kier alpha value is -12.6. The molecule has 17 atom stereocenters. The van der Waals surface area contributed by atoms with E-state index < -0.39 is 289 Å². The molecule has 48 nitrogen and oxygen atoms in total. The smallest absolute Gasteiger partial charge is 0.326 e. The van der Waals surface area contributed by atoms with Crippen molar-refractivity contribution in [3.8, 4) is 0 Å². The summed E-state index contributed by atoms with van der Waals surface area (Å²) in [4.78, 5) is 293. The number of carboxylic acid groups (broad SMARTS) is 2. The minimum Gasteiger partial charge on any atom is -0.481 e. The SMILES string of the molecule is CC[C@H](C)[C@H](NC(=O)CNC(=O)[C@@H](NC(=O)[C@H](CC(=O)O)NC(=O)[C@H](CC(C)C)NC(=O)[C@@H](NC(=O)[C@H](C)NC(=O)[C@@H](NC(=O)[C@H](CCCCN)NC(=O)[C@@H](NC(=O)[C@H](CC(N)=O)NC(=O)[C@H](C)NC(=O)CNC(=O)[C@H](CCCCN)NC(=O)[C@H](Cc1ccccc1)NC(=O)CNC(=O)[C@@H](N)CCC(N)=O)C(C)C)C(C)C)C(C)C)[C@@H](C)O)C(=O)N[C@@H](CCC(N)=O)C(=O)O. The Morgan fingerprint density at radius 2 is 0.723 bits per heavy atom. The Labute approximate surface area is 753 Å². The number of amides is 20. The molecule has 0 radical (unpaired) electrons. The normalized spacial score (nSPS) is 15.1. The summed E-state index contributed by atoms with van der Waals surface area (Å²) in [6, 6.07) is -14.4. The third-order valence-electron chi connectivity index (χ3n) is 20.2. The molecule has 0 aliphatic heterocycles. The Balaban J connectivity index is 3.33. The fourth-order valence-electron chi connectivity index (χ4n) is 12.5. The Kier molecular flexibility index (Phi) is 52.8. The Morgan fingerprint density at radius 3 is 1.19 bits per heavy atom. The van der Waals surface area contributed by atoms with Crippen LogP contribution in [-0.4, -0.2) is 275 Å². The maximum atomic E-state index is 14.4. The number of carbonyl (C=O) groups excluding carboxylic acids is 20. The van der Waals surface area contributed by atoms with Gasteiger partial charge < -0.3 is 140 Å². The molecular weight excluding hydrogens is 1710 g/mol. The van der Waals surface area contributed by atoms with Gasteiger partial charge in [0.05, 0.1) is 44.6 Å². The van der Waals surface area contributed by atoms with E-state index in [1.807, 2.05) is 0 Å². The molecule has 20 amide bonds. The van der Waals surface area contributed by atoms with Gasteiger partial charge in [-0.15, -0.1) is 0 Å². The van der Waals surface area contributed by atoms with Crippen LogP contribution >= 0.6 is 0 Å². The van der Waals surface area contributed by atoms with Crippen molar-refractivity contribution in [3.05, 3.63) is 35.9 Å². The van der Waals surface area contributed by atoms with Gasteiger partial charge in [-0.3, -0.25) is 101 Å². The number of aliphatic hydroxyl groups excluding tert-OH is 1. The number of hydrogen-bond acceptors (Lipinski definition) is 26. The van der Waals surface area contributed by atoms with E-state index in [-0.39, 0.29) is 77.3 Å². The van der Waals surface area contributed by atoms with E-state index in [1.54, 1.807) is 71.9 Å². The minimum absolute atomic E-state index is 0.00458. The van der Waals surface area contributed by atoms with Gasteiger partial charge in [-0.2, -0.15) is 0 Å². The molecule has 1 rings (SSSR count). The van der Waals surface area contributed by atoms with Gasteiger partial charge in [0.25, 0.3) is 0 Å². The van der Waals surface area contributed by atoms with Crippen molar-refractivity contribution in [1.82, 2.24) is 90.4 Å². The van der Waals surface area contributed by atoms with Crippen molar-refractivity contribution in [2.45, 2.75) is 283 Å². The summed E-state index contributed by atoms with van der Waals surface area (Å²) in [5.74, 6) is -25.8. The van der Waals surface area contributed by atoms with Crippen LogP contribution in [0.5, 0.6) is 0 Å². The second-order valence-electron chi connectivity index (χ2n) is 33.1. The first kappa shape index (κ1) is 115. The lowest BCUT2D eigenvalue weighted by Crippen LogP contribution is -2.62. The number of rotatable bonds is 63. The molecule has 0 aromatic heterocycles. The molecule has 0 unspecified atom stereocenters. The number of hydrogen-bond donors (Lipinski definition) is 26. The lowest BCUT2D eigenvalue weighted by Gasteiger charge is -2.30. The summed E-state index contributed by atoms with van der Waals surface area (Å²) in [7, 11) is 0. The summed E-state index contributed by atoms with van der Waals surface area (Å²) in [5, 5.41) is 71.1. The van der Waals surface area contributed by atoms with Gasteiger partial charge in [0.1, 0.15) is 84.6 Å². The van der Waals surface area contributed by atoms with Gasteiger partial charge >= 0.3 is 11.9 Å². The van der Waals surface area contributed by atoms with Crippen LogP contribution in [0.3, 0.4) is 0 Å². The average Bonchev–Trinajstić information content (AvgIpc) is 0.849. The quantitative estimate of drug-likeness (QED) is 0.0269. The summed E-state index contributed by atoms with van der Waals surface area (Å²) >= 11 is 0. The number of carboxylic acids is 2. The maximum Gasteiger partial charge on any atom is 0.326 e. The number of primary amides is 3. The molecule has 0 bridgehead atoms. The molecule has 0 saturated heterocycles. The summed E-state index contributed by atoms with van der Waals surface area (Å²) in [5.41, 5.74) is 33.7. The van der Waals surface area contributed by atoms with Gasteiger partial charge in [-0.25, -0.2) is 4.79 Å². The fourth-order valence-corrected chi connectivity index (χ4v) is 12.5. The topological polar surface area (TPSA) is 797 Å². The molecule has 0 heterocycles.